The monoisotopic (exact) mass is 287 g/mol. The molecule has 114 valence electrons. The number of hydrazine groups is 1. The molecule has 0 radical (unpaired) electrons. The summed E-state index contributed by atoms with van der Waals surface area (Å²) >= 11 is 0. The van der Waals surface area contributed by atoms with E-state index in [1.54, 1.807) is 0 Å². The third kappa shape index (κ3) is 2.89. The second-order valence-corrected chi connectivity index (χ2v) is 7.00. The molecule has 0 aromatic heterocycles. The molecule has 3 aliphatic rings. The Labute approximate surface area is 126 Å². The summed E-state index contributed by atoms with van der Waals surface area (Å²) in [6.45, 7) is 9.46. The zero-order valence-electron chi connectivity index (χ0n) is 13.1. The molecule has 0 saturated carbocycles. The highest BCUT2D eigenvalue weighted by Gasteiger charge is 2.35. The van der Waals surface area contributed by atoms with Gasteiger partial charge in [-0.25, -0.2) is 5.01 Å². The number of nitrogens with two attached hydrogens (primary N) is 1. The van der Waals surface area contributed by atoms with Crippen molar-refractivity contribution in [2.24, 2.45) is 16.3 Å². The predicted molar refractivity (Wildman–Crippen MR) is 86.4 cm³/mol. The number of aliphatic imine (C=N–C) groups is 1. The van der Waals surface area contributed by atoms with Crippen molar-refractivity contribution in [3.05, 3.63) is 36.3 Å². The molecule has 2 aliphatic heterocycles. The highest BCUT2D eigenvalue weighted by Crippen LogP contribution is 2.27. The zero-order chi connectivity index (χ0) is 15.0. The number of allylic oxidation sites excluding steroid dienone is 2. The van der Waals surface area contributed by atoms with Crippen LogP contribution >= 0.6 is 0 Å². The SMILES string of the molecule is CC(C)(C)C1CN(C2=CN=C3C=CC=CC3N2)CCN1N. The summed E-state index contributed by atoms with van der Waals surface area (Å²) < 4.78 is 0. The first-order chi connectivity index (χ1) is 9.95. The van der Waals surface area contributed by atoms with Crippen LogP contribution in [0.15, 0.2) is 41.3 Å². The molecule has 3 N–H and O–H groups in total. The van der Waals surface area contributed by atoms with Gasteiger partial charge in [-0.05, 0) is 11.5 Å². The van der Waals surface area contributed by atoms with Crippen LogP contribution in [0.1, 0.15) is 20.8 Å². The van der Waals surface area contributed by atoms with Crippen molar-refractivity contribution < 1.29 is 0 Å². The van der Waals surface area contributed by atoms with Crippen molar-refractivity contribution >= 4 is 5.71 Å². The van der Waals surface area contributed by atoms with Crippen LogP contribution in [-0.2, 0) is 0 Å². The van der Waals surface area contributed by atoms with Gasteiger partial charge in [0.1, 0.15) is 5.82 Å². The molecule has 5 nitrogen and oxygen atoms in total. The van der Waals surface area contributed by atoms with Gasteiger partial charge in [0, 0.05) is 25.7 Å². The number of fused-ring (bicyclic) bond motifs is 1. The lowest BCUT2D eigenvalue weighted by Gasteiger charge is -2.47. The molecule has 5 heteroatoms. The summed E-state index contributed by atoms with van der Waals surface area (Å²) in [7, 11) is 0. The van der Waals surface area contributed by atoms with Gasteiger partial charge in [0.15, 0.2) is 0 Å². The predicted octanol–water partition coefficient (Wildman–Crippen LogP) is 1.23. The van der Waals surface area contributed by atoms with Gasteiger partial charge in [0.05, 0.1) is 18.0 Å². The van der Waals surface area contributed by atoms with Gasteiger partial charge in [0.25, 0.3) is 0 Å². The van der Waals surface area contributed by atoms with Crippen molar-refractivity contribution in [2.75, 3.05) is 19.6 Å². The molecule has 1 saturated heterocycles. The van der Waals surface area contributed by atoms with E-state index in [1.807, 2.05) is 17.3 Å². The number of nitrogens with zero attached hydrogens (tertiary/aromatic N) is 3. The smallest absolute Gasteiger partial charge is 0.121 e. The summed E-state index contributed by atoms with van der Waals surface area (Å²) in [5.41, 5.74) is 1.23. The molecule has 0 aromatic carbocycles. The molecule has 0 bridgehead atoms. The molecule has 2 atom stereocenters. The van der Waals surface area contributed by atoms with Crippen LogP contribution in [0.4, 0.5) is 0 Å². The Balaban J connectivity index is 1.76. The largest absolute Gasteiger partial charge is 0.359 e. The van der Waals surface area contributed by atoms with Crippen molar-refractivity contribution in [2.45, 2.75) is 32.9 Å². The molecule has 0 spiro atoms. The van der Waals surface area contributed by atoms with E-state index in [0.717, 1.165) is 31.2 Å². The number of piperazine rings is 1. The fraction of sp³-hybridized carbons (Fsp3) is 0.562. The third-order valence-corrected chi connectivity index (χ3v) is 4.40. The van der Waals surface area contributed by atoms with E-state index in [9.17, 15) is 0 Å². The summed E-state index contributed by atoms with van der Waals surface area (Å²) in [6, 6.07) is 0.528. The van der Waals surface area contributed by atoms with Gasteiger partial charge in [-0.15, -0.1) is 0 Å². The quantitative estimate of drug-likeness (QED) is 0.712. The Morgan fingerprint density at radius 2 is 2.10 bits per heavy atom. The first kappa shape index (κ1) is 14.4. The minimum Gasteiger partial charge on any atom is -0.359 e. The molecule has 0 amide bonds. The second-order valence-electron chi connectivity index (χ2n) is 7.00. The van der Waals surface area contributed by atoms with Gasteiger partial charge in [-0.2, -0.15) is 0 Å². The maximum absolute atomic E-state index is 6.18. The van der Waals surface area contributed by atoms with Gasteiger partial charge in [0.2, 0.25) is 0 Å². The maximum atomic E-state index is 6.18. The van der Waals surface area contributed by atoms with Crippen molar-refractivity contribution in [3.63, 3.8) is 0 Å². The van der Waals surface area contributed by atoms with Crippen LogP contribution in [0.2, 0.25) is 0 Å². The van der Waals surface area contributed by atoms with Crippen LogP contribution in [0.5, 0.6) is 0 Å². The van der Waals surface area contributed by atoms with Crippen LogP contribution in [0.3, 0.4) is 0 Å². The highest BCUT2D eigenvalue weighted by atomic mass is 15.5. The van der Waals surface area contributed by atoms with Crippen molar-refractivity contribution in [3.8, 4) is 0 Å². The topological polar surface area (TPSA) is 56.9 Å². The van der Waals surface area contributed by atoms with E-state index in [-0.39, 0.29) is 11.5 Å². The van der Waals surface area contributed by atoms with E-state index >= 15 is 0 Å². The minimum absolute atomic E-state index is 0.157. The van der Waals surface area contributed by atoms with Gasteiger partial charge >= 0.3 is 0 Å². The minimum atomic E-state index is 0.157. The lowest BCUT2D eigenvalue weighted by Crippen LogP contribution is -2.61. The first-order valence-electron chi connectivity index (χ1n) is 7.61. The highest BCUT2D eigenvalue weighted by molar-refractivity contribution is 6.02. The number of hydrogen-bond donors (Lipinski definition) is 2. The van der Waals surface area contributed by atoms with Gasteiger partial charge < -0.3 is 10.2 Å². The Morgan fingerprint density at radius 3 is 2.86 bits per heavy atom. The van der Waals surface area contributed by atoms with Gasteiger partial charge in [-0.1, -0.05) is 39.0 Å². The third-order valence-electron chi connectivity index (χ3n) is 4.40. The maximum Gasteiger partial charge on any atom is 0.121 e. The van der Waals surface area contributed by atoms with E-state index < -0.39 is 0 Å². The number of nitrogens with one attached hydrogen (secondary N) is 1. The number of hydrogen-bond acceptors (Lipinski definition) is 5. The lowest BCUT2D eigenvalue weighted by atomic mass is 9.85. The summed E-state index contributed by atoms with van der Waals surface area (Å²) in [5, 5.41) is 5.55. The normalized spacial score (nSPS) is 29.6. The average Bonchev–Trinajstić information content (AvgIpc) is 2.46. The molecule has 21 heavy (non-hydrogen) atoms. The first-order valence-corrected chi connectivity index (χ1v) is 7.61. The average molecular weight is 287 g/mol. The fourth-order valence-corrected chi connectivity index (χ4v) is 3.07. The zero-order valence-corrected chi connectivity index (χ0v) is 13.1. The van der Waals surface area contributed by atoms with Gasteiger partial charge in [-0.3, -0.25) is 10.8 Å². The van der Waals surface area contributed by atoms with E-state index in [1.165, 1.54) is 0 Å². The van der Waals surface area contributed by atoms with E-state index in [0.29, 0.717) is 6.04 Å². The Kier molecular flexibility index (Phi) is 3.63. The Bertz CT molecular complexity index is 523. The van der Waals surface area contributed by atoms with E-state index in [4.69, 9.17) is 5.84 Å². The molecule has 0 aromatic rings. The molecular formula is C16H25N5. The van der Waals surface area contributed by atoms with Crippen LogP contribution in [0.25, 0.3) is 0 Å². The summed E-state index contributed by atoms with van der Waals surface area (Å²) in [6.07, 6.45) is 10.2. The molecule has 1 fully saturated rings. The van der Waals surface area contributed by atoms with E-state index in [2.05, 4.69) is 54.2 Å². The molecule has 2 unspecified atom stereocenters. The van der Waals surface area contributed by atoms with Crippen LogP contribution in [-0.4, -0.2) is 47.3 Å². The Morgan fingerprint density at radius 1 is 1.29 bits per heavy atom. The van der Waals surface area contributed by atoms with Crippen LogP contribution in [0, 0.1) is 5.41 Å². The summed E-state index contributed by atoms with van der Waals surface area (Å²) in [5.74, 6) is 7.28. The fourth-order valence-electron chi connectivity index (χ4n) is 3.07. The molecule has 3 rings (SSSR count). The molecule has 1 aliphatic carbocycles. The van der Waals surface area contributed by atoms with Crippen molar-refractivity contribution in [1.82, 2.24) is 15.2 Å². The molecular weight excluding hydrogens is 262 g/mol. The Hall–Kier alpha value is -1.59. The standard InChI is InChI=1S/C16H25N5/c1-16(2,3)14-11-20(8-9-21(14)17)15-10-18-12-6-4-5-7-13(12)19-15/h4-7,10,13-14,19H,8-9,11,17H2,1-3H3. The summed E-state index contributed by atoms with van der Waals surface area (Å²) in [4.78, 5) is 6.95. The number of rotatable bonds is 1. The molecule has 2 heterocycles. The second kappa shape index (κ2) is 5.31. The van der Waals surface area contributed by atoms with Crippen molar-refractivity contribution in [1.29, 1.82) is 0 Å². The lowest BCUT2D eigenvalue weighted by molar-refractivity contribution is 0.0260. The van der Waals surface area contributed by atoms with Crippen LogP contribution < -0.4 is 11.2 Å².